The topological polar surface area (TPSA) is 70.2 Å². The number of nitro groups is 1. The highest BCUT2D eigenvalue weighted by Gasteiger charge is 2.26. The summed E-state index contributed by atoms with van der Waals surface area (Å²) in [4.78, 5) is 11.6. The largest absolute Gasteiger partial charge is 0.362 e. The van der Waals surface area contributed by atoms with Gasteiger partial charge in [-0.05, 0) is 12.0 Å². The van der Waals surface area contributed by atoms with E-state index >= 15 is 0 Å². The molecule has 1 rings (SSSR count). The summed E-state index contributed by atoms with van der Waals surface area (Å²) < 4.78 is 27.3. The molecule has 0 aliphatic rings. The predicted octanol–water partition coefficient (Wildman–Crippen LogP) is 3.25. The summed E-state index contributed by atoms with van der Waals surface area (Å²) in [6, 6.07) is 3.57. The van der Waals surface area contributed by atoms with Gasteiger partial charge < -0.3 is 4.90 Å². The maximum absolute atomic E-state index is 13.9. The van der Waals surface area contributed by atoms with E-state index in [1.54, 1.807) is 0 Å². The first-order valence-electron chi connectivity index (χ1n) is 6.12. The molecular weight excluding hydrogens is 268 g/mol. The van der Waals surface area contributed by atoms with E-state index in [0.29, 0.717) is 6.54 Å². The Morgan fingerprint density at radius 2 is 2.10 bits per heavy atom. The zero-order valence-electron chi connectivity index (χ0n) is 11.3. The molecule has 7 heteroatoms. The van der Waals surface area contributed by atoms with Gasteiger partial charge in [0.1, 0.15) is 0 Å². The quantitative estimate of drug-likeness (QED) is 0.593. The zero-order chi connectivity index (χ0) is 15.3. The summed E-state index contributed by atoms with van der Waals surface area (Å²) in [5.74, 6) is -2.31. The van der Waals surface area contributed by atoms with Gasteiger partial charge in [-0.1, -0.05) is 13.8 Å². The average Bonchev–Trinajstić information content (AvgIpc) is 2.37. The third kappa shape index (κ3) is 3.63. The fraction of sp³-hybridized carbons (Fsp3) is 0.462. The van der Waals surface area contributed by atoms with Crippen molar-refractivity contribution < 1.29 is 13.7 Å². The van der Waals surface area contributed by atoms with Gasteiger partial charge in [-0.2, -0.15) is 5.26 Å². The maximum atomic E-state index is 13.9. The Balaban J connectivity index is 3.32. The van der Waals surface area contributed by atoms with Crippen LogP contribution in [0.25, 0.3) is 0 Å². The smallest absolute Gasteiger partial charge is 0.295 e. The highest BCUT2D eigenvalue weighted by Crippen LogP contribution is 2.33. The number of halogens is 2. The monoisotopic (exact) mass is 283 g/mol. The van der Waals surface area contributed by atoms with Gasteiger partial charge in [-0.25, -0.2) is 8.78 Å². The molecule has 0 heterocycles. The Labute approximate surface area is 115 Å². The number of nitriles is 1. The van der Waals surface area contributed by atoms with E-state index in [1.807, 2.05) is 19.9 Å². The fourth-order valence-electron chi connectivity index (χ4n) is 1.90. The number of nitrogens with zero attached hydrogens (tertiary/aromatic N) is 3. The van der Waals surface area contributed by atoms with Crippen molar-refractivity contribution in [2.75, 3.05) is 18.0 Å². The minimum Gasteiger partial charge on any atom is -0.362 e. The lowest BCUT2D eigenvalue weighted by Gasteiger charge is -2.25. The van der Waals surface area contributed by atoms with Gasteiger partial charge in [0.15, 0.2) is 17.3 Å². The molecule has 0 fully saturated rings. The highest BCUT2D eigenvalue weighted by molar-refractivity contribution is 5.64. The molecule has 0 bridgehead atoms. The van der Waals surface area contributed by atoms with Crippen molar-refractivity contribution in [1.29, 1.82) is 5.26 Å². The van der Waals surface area contributed by atoms with Crippen LogP contribution < -0.4 is 4.90 Å². The van der Waals surface area contributed by atoms with Crippen molar-refractivity contribution >= 4 is 11.4 Å². The van der Waals surface area contributed by atoms with Gasteiger partial charge in [-0.15, -0.1) is 0 Å². The van der Waals surface area contributed by atoms with Gasteiger partial charge in [-0.3, -0.25) is 10.1 Å². The lowest BCUT2D eigenvalue weighted by atomic mass is 10.1. The van der Waals surface area contributed by atoms with E-state index in [9.17, 15) is 18.9 Å². The molecule has 0 aliphatic heterocycles. The van der Waals surface area contributed by atoms with Crippen LogP contribution in [0.4, 0.5) is 20.2 Å². The van der Waals surface area contributed by atoms with Crippen molar-refractivity contribution in [2.45, 2.75) is 20.3 Å². The number of benzene rings is 1. The Kier molecular flexibility index (Phi) is 5.38. The molecule has 0 aliphatic carbocycles. The molecular formula is C13H15F2N3O2. The van der Waals surface area contributed by atoms with Crippen LogP contribution in [0.2, 0.25) is 0 Å². The zero-order valence-corrected chi connectivity index (χ0v) is 11.3. The minimum absolute atomic E-state index is 0.0693. The molecule has 0 saturated heterocycles. The molecule has 0 radical (unpaired) electrons. The molecule has 5 nitrogen and oxygen atoms in total. The predicted molar refractivity (Wildman–Crippen MR) is 70.3 cm³/mol. The van der Waals surface area contributed by atoms with Gasteiger partial charge in [0, 0.05) is 19.2 Å². The van der Waals surface area contributed by atoms with Crippen molar-refractivity contribution in [3.63, 3.8) is 0 Å². The lowest BCUT2D eigenvalue weighted by Crippen LogP contribution is -2.30. The van der Waals surface area contributed by atoms with E-state index in [0.717, 1.165) is 12.1 Å². The van der Waals surface area contributed by atoms with Crippen LogP contribution in [-0.4, -0.2) is 18.0 Å². The first-order chi connectivity index (χ1) is 9.38. The summed E-state index contributed by atoms with van der Waals surface area (Å²) in [5, 5.41) is 19.6. The SMILES string of the molecule is CC(C)CN(CCC#N)c1c([N+](=O)[O-])ccc(F)c1F. The number of anilines is 1. The van der Waals surface area contributed by atoms with Gasteiger partial charge >= 0.3 is 0 Å². The van der Waals surface area contributed by atoms with Gasteiger partial charge in [0.25, 0.3) is 5.69 Å². The van der Waals surface area contributed by atoms with Crippen molar-refractivity contribution in [3.05, 3.63) is 33.9 Å². The molecule has 0 unspecified atom stereocenters. The number of hydrogen-bond acceptors (Lipinski definition) is 4. The molecule has 20 heavy (non-hydrogen) atoms. The van der Waals surface area contributed by atoms with E-state index in [1.165, 1.54) is 4.90 Å². The van der Waals surface area contributed by atoms with Gasteiger partial charge in [0.05, 0.1) is 17.4 Å². The molecule has 0 atom stereocenters. The van der Waals surface area contributed by atoms with Crippen LogP contribution in [0.15, 0.2) is 12.1 Å². The molecule has 0 spiro atoms. The molecule has 1 aromatic rings. The van der Waals surface area contributed by atoms with Crippen molar-refractivity contribution in [3.8, 4) is 6.07 Å². The van der Waals surface area contributed by atoms with Crippen LogP contribution in [0.3, 0.4) is 0 Å². The average molecular weight is 283 g/mol. The molecule has 0 N–H and O–H groups in total. The Morgan fingerprint density at radius 3 is 2.60 bits per heavy atom. The number of rotatable bonds is 6. The fourth-order valence-corrected chi connectivity index (χ4v) is 1.90. The molecule has 108 valence electrons. The third-order valence-electron chi connectivity index (χ3n) is 2.64. The van der Waals surface area contributed by atoms with Crippen molar-refractivity contribution in [2.24, 2.45) is 5.92 Å². The summed E-state index contributed by atoms with van der Waals surface area (Å²) in [6.07, 6.45) is 0.0693. The van der Waals surface area contributed by atoms with Crippen LogP contribution in [0.5, 0.6) is 0 Å². The number of nitro benzene ring substituents is 1. The first kappa shape index (κ1) is 15.8. The van der Waals surface area contributed by atoms with Gasteiger partial charge in [0.2, 0.25) is 0 Å². The van der Waals surface area contributed by atoms with Crippen LogP contribution in [0.1, 0.15) is 20.3 Å². The van der Waals surface area contributed by atoms with Crippen LogP contribution >= 0.6 is 0 Å². The lowest BCUT2D eigenvalue weighted by molar-refractivity contribution is -0.384. The second-order valence-electron chi connectivity index (χ2n) is 4.73. The third-order valence-corrected chi connectivity index (χ3v) is 2.64. The Bertz CT molecular complexity index is 541. The normalized spacial score (nSPS) is 10.4. The summed E-state index contributed by atoms with van der Waals surface area (Å²) in [6.45, 7) is 4.10. The summed E-state index contributed by atoms with van der Waals surface area (Å²) in [5.41, 5.74) is -0.888. The number of hydrogen-bond donors (Lipinski definition) is 0. The summed E-state index contributed by atoms with van der Waals surface area (Å²) in [7, 11) is 0. The molecule has 0 amide bonds. The minimum atomic E-state index is -1.25. The standard InChI is InChI=1S/C13H15F2N3O2/c1-9(2)8-17(7-3-6-16)13-11(18(19)20)5-4-10(14)12(13)15/h4-5,9H,3,7-8H2,1-2H3. The Hall–Kier alpha value is -2.23. The molecule has 0 saturated carbocycles. The van der Waals surface area contributed by atoms with Crippen LogP contribution in [0, 0.1) is 39.0 Å². The Morgan fingerprint density at radius 1 is 1.45 bits per heavy atom. The summed E-state index contributed by atoms with van der Waals surface area (Å²) >= 11 is 0. The highest BCUT2D eigenvalue weighted by atomic mass is 19.2. The van der Waals surface area contributed by atoms with E-state index < -0.39 is 22.2 Å². The van der Waals surface area contributed by atoms with E-state index in [-0.39, 0.29) is 24.6 Å². The molecule has 1 aromatic carbocycles. The maximum Gasteiger partial charge on any atom is 0.295 e. The second-order valence-corrected chi connectivity index (χ2v) is 4.73. The first-order valence-corrected chi connectivity index (χ1v) is 6.12. The second kappa shape index (κ2) is 6.80. The van der Waals surface area contributed by atoms with E-state index in [2.05, 4.69) is 0 Å². The van der Waals surface area contributed by atoms with Crippen LogP contribution in [-0.2, 0) is 0 Å². The van der Waals surface area contributed by atoms with Crippen molar-refractivity contribution in [1.82, 2.24) is 0 Å². The van der Waals surface area contributed by atoms with E-state index in [4.69, 9.17) is 5.26 Å². The molecule has 0 aromatic heterocycles.